The Balaban J connectivity index is 2.40. The summed E-state index contributed by atoms with van der Waals surface area (Å²) in [6, 6.07) is 10.1. The molecule has 0 aliphatic rings. The first kappa shape index (κ1) is 12.8. The summed E-state index contributed by atoms with van der Waals surface area (Å²) < 4.78 is 0. The summed E-state index contributed by atoms with van der Waals surface area (Å²) in [4.78, 5) is 13.6. The maximum Gasteiger partial charge on any atom is 0.222 e. The van der Waals surface area contributed by atoms with E-state index in [1.54, 1.807) is 4.90 Å². The summed E-state index contributed by atoms with van der Waals surface area (Å²) in [6.45, 7) is 4.99. The van der Waals surface area contributed by atoms with Gasteiger partial charge in [0.2, 0.25) is 5.91 Å². The molecule has 1 aromatic rings. The molecule has 0 saturated heterocycles. The largest absolute Gasteiger partial charge is 0.341 e. The lowest BCUT2D eigenvalue weighted by atomic mass is 10.1. The average Bonchev–Trinajstić information content (AvgIpc) is 2.27. The van der Waals surface area contributed by atoms with Gasteiger partial charge in [-0.1, -0.05) is 44.2 Å². The van der Waals surface area contributed by atoms with Crippen molar-refractivity contribution >= 4 is 5.91 Å². The number of hydrogen-bond donors (Lipinski definition) is 0. The summed E-state index contributed by atoms with van der Waals surface area (Å²) in [5.41, 5.74) is 1.18. The van der Waals surface area contributed by atoms with E-state index in [0.717, 1.165) is 6.42 Å². The first-order valence-corrected chi connectivity index (χ1v) is 5.87. The van der Waals surface area contributed by atoms with Gasteiger partial charge in [-0.05, 0) is 17.9 Å². The quantitative estimate of drug-likeness (QED) is 0.745. The molecule has 0 saturated carbocycles. The third kappa shape index (κ3) is 4.47. The highest BCUT2D eigenvalue weighted by Gasteiger charge is 2.09. The van der Waals surface area contributed by atoms with E-state index in [0.29, 0.717) is 18.9 Å². The molecule has 0 aliphatic heterocycles. The van der Waals surface area contributed by atoms with Crippen LogP contribution in [0.25, 0.3) is 0 Å². The number of benzene rings is 1. The SMILES string of the molecule is CC(C)CCC(=O)N(C)Cc1ccccc1. The van der Waals surface area contributed by atoms with Crippen LogP contribution >= 0.6 is 0 Å². The van der Waals surface area contributed by atoms with Crippen molar-refractivity contribution in [1.82, 2.24) is 4.90 Å². The van der Waals surface area contributed by atoms with Crippen molar-refractivity contribution in [3.63, 3.8) is 0 Å². The Kier molecular flexibility index (Phi) is 5.03. The molecule has 1 rings (SSSR count). The molecule has 0 spiro atoms. The molecule has 1 aromatic carbocycles. The van der Waals surface area contributed by atoms with Crippen LogP contribution in [0.1, 0.15) is 32.3 Å². The third-order valence-corrected chi connectivity index (χ3v) is 2.62. The van der Waals surface area contributed by atoms with Crippen molar-refractivity contribution in [2.75, 3.05) is 7.05 Å². The zero-order valence-corrected chi connectivity index (χ0v) is 10.4. The second kappa shape index (κ2) is 6.31. The topological polar surface area (TPSA) is 20.3 Å². The van der Waals surface area contributed by atoms with Crippen molar-refractivity contribution in [2.45, 2.75) is 33.2 Å². The lowest BCUT2D eigenvalue weighted by Crippen LogP contribution is -2.26. The highest BCUT2D eigenvalue weighted by Crippen LogP contribution is 2.08. The van der Waals surface area contributed by atoms with E-state index in [1.165, 1.54) is 5.56 Å². The van der Waals surface area contributed by atoms with Gasteiger partial charge >= 0.3 is 0 Å². The van der Waals surface area contributed by atoms with Crippen LogP contribution in [0, 0.1) is 5.92 Å². The number of carbonyl (C=O) groups is 1. The zero-order valence-electron chi connectivity index (χ0n) is 10.4. The van der Waals surface area contributed by atoms with E-state index in [9.17, 15) is 4.79 Å². The van der Waals surface area contributed by atoms with Gasteiger partial charge in [-0.15, -0.1) is 0 Å². The van der Waals surface area contributed by atoms with Crippen LogP contribution in [-0.2, 0) is 11.3 Å². The fourth-order valence-electron chi connectivity index (χ4n) is 1.55. The molecule has 0 aromatic heterocycles. The minimum atomic E-state index is 0.234. The van der Waals surface area contributed by atoms with E-state index < -0.39 is 0 Å². The number of rotatable bonds is 5. The standard InChI is InChI=1S/C14H21NO/c1-12(2)9-10-14(16)15(3)11-13-7-5-4-6-8-13/h4-8,12H,9-11H2,1-3H3. The predicted molar refractivity (Wildman–Crippen MR) is 67.0 cm³/mol. The number of hydrogen-bond acceptors (Lipinski definition) is 1. The molecule has 0 radical (unpaired) electrons. The number of nitrogens with zero attached hydrogens (tertiary/aromatic N) is 1. The number of carbonyl (C=O) groups excluding carboxylic acids is 1. The molecule has 0 bridgehead atoms. The summed E-state index contributed by atoms with van der Waals surface area (Å²) in [5.74, 6) is 0.826. The van der Waals surface area contributed by atoms with Gasteiger partial charge in [0.15, 0.2) is 0 Å². The van der Waals surface area contributed by atoms with Crippen LogP contribution in [0.3, 0.4) is 0 Å². The van der Waals surface area contributed by atoms with Crippen LogP contribution in [0.15, 0.2) is 30.3 Å². The molecule has 1 amide bonds. The molecule has 2 nitrogen and oxygen atoms in total. The minimum Gasteiger partial charge on any atom is -0.341 e. The van der Waals surface area contributed by atoms with Crippen molar-refractivity contribution in [3.8, 4) is 0 Å². The predicted octanol–water partition coefficient (Wildman–Crippen LogP) is 3.08. The average molecular weight is 219 g/mol. The van der Waals surface area contributed by atoms with E-state index in [-0.39, 0.29) is 5.91 Å². The highest BCUT2D eigenvalue weighted by molar-refractivity contribution is 5.75. The van der Waals surface area contributed by atoms with Gasteiger partial charge in [-0.25, -0.2) is 0 Å². The van der Waals surface area contributed by atoms with Crippen LogP contribution in [-0.4, -0.2) is 17.9 Å². The van der Waals surface area contributed by atoms with Gasteiger partial charge in [0.05, 0.1) is 0 Å². The Morgan fingerprint density at radius 1 is 1.25 bits per heavy atom. The Hall–Kier alpha value is -1.31. The normalized spacial score (nSPS) is 10.5. The minimum absolute atomic E-state index is 0.234. The van der Waals surface area contributed by atoms with Crippen molar-refractivity contribution in [3.05, 3.63) is 35.9 Å². The van der Waals surface area contributed by atoms with Gasteiger partial charge in [0.25, 0.3) is 0 Å². The van der Waals surface area contributed by atoms with Crippen molar-refractivity contribution in [1.29, 1.82) is 0 Å². The molecule has 2 heteroatoms. The van der Waals surface area contributed by atoms with Crippen LogP contribution in [0.2, 0.25) is 0 Å². The van der Waals surface area contributed by atoms with Gasteiger partial charge in [-0.2, -0.15) is 0 Å². The molecule has 0 atom stereocenters. The maximum absolute atomic E-state index is 11.8. The second-order valence-corrected chi connectivity index (χ2v) is 4.67. The molecule has 0 heterocycles. The number of amides is 1. The molecule has 0 N–H and O–H groups in total. The summed E-state index contributed by atoms with van der Waals surface area (Å²) in [7, 11) is 1.87. The highest BCUT2D eigenvalue weighted by atomic mass is 16.2. The van der Waals surface area contributed by atoms with Crippen molar-refractivity contribution in [2.24, 2.45) is 5.92 Å². The van der Waals surface area contributed by atoms with Gasteiger partial charge in [0, 0.05) is 20.0 Å². The molecular weight excluding hydrogens is 198 g/mol. The second-order valence-electron chi connectivity index (χ2n) is 4.67. The van der Waals surface area contributed by atoms with Gasteiger partial charge in [-0.3, -0.25) is 4.79 Å². The Morgan fingerprint density at radius 3 is 2.44 bits per heavy atom. The van der Waals surface area contributed by atoms with E-state index in [1.807, 2.05) is 37.4 Å². The Bertz CT molecular complexity index is 319. The molecule has 0 aliphatic carbocycles. The van der Waals surface area contributed by atoms with Crippen LogP contribution in [0.5, 0.6) is 0 Å². The Morgan fingerprint density at radius 2 is 1.88 bits per heavy atom. The van der Waals surface area contributed by atoms with Crippen LogP contribution in [0.4, 0.5) is 0 Å². The molecule has 0 unspecified atom stereocenters. The summed E-state index contributed by atoms with van der Waals surface area (Å²) >= 11 is 0. The Labute approximate surface area is 98.3 Å². The van der Waals surface area contributed by atoms with E-state index in [2.05, 4.69) is 13.8 Å². The summed E-state index contributed by atoms with van der Waals surface area (Å²) in [5, 5.41) is 0. The van der Waals surface area contributed by atoms with E-state index in [4.69, 9.17) is 0 Å². The van der Waals surface area contributed by atoms with Crippen molar-refractivity contribution < 1.29 is 4.79 Å². The van der Waals surface area contributed by atoms with E-state index >= 15 is 0 Å². The first-order chi connectivity index (χ1) is 7.59. The van der Waals surface area contributed by atoms with Gasteiger partial charge < -0.3 is 4.90 Å². The van der Waals surface area contributed by atoms with Crippen LogP contribution < -0.4 is 0 Å². The lowest BCUT2D eigenvalue weighted by molar-refractivity contribution is -0.130. The molecule has 0 fully saturated rings. The lowest BCUT2D eigenvalue weighted by Gasteiger charge is -2.17. The third-order valence-electron chi connectivity index (χ3n) is 2.62. The summed E-state index contributed by atoms with van der Waals surface area (Å²) in [6.07, 6.45) is 1.62. The molecule has 88 valence electrons. The fourth-order valence-corrected chi connectivity index (χ4v) is 1.55. The maximum atomic E-state index is 11.8. The molecular formula is C14H21NO. The zero-order chi connectivity index (χ0) is 12.0. The fraction of sp³-hybridized carbons (Fsp3) is 0.500. The first-order valence-electron chi connectivity index (χ1n) is 5.87. The monoisotopic (exact) mass is 219 g/mol. The molecule has 16 heavy (non-hydrogen) atoms. The smallest absolute Gasteiger partial charge is 0.222 e. The van der Waals surface area contributed by atoms with Gasteiger partial charge in [0.1, 0.15) is 0 Å².